The molecule has 2 aliphatic rings. The maximum Gasteiger partial charge on any atom is 0.333 e. The van der Waals surface area contributed by atoms with E-state index in [0.717, 1.165) is 0 Å². The zero-order valence-electron chi connectivity index (χ0n) is 15.7. The third-order valence-electron chi connectivity index (χ3n) is 5.38. The molecule has 0 aliphatic carbocycles. The van der Waals surface area contributed by atoms with Crippen molar-refractivity contribution in [2.45, 2.75) is 70.7 Å². The smallest absolute Gasteiger partial charge is 0.333 e. The van der Waals surface area contributed by atoms with Crippen LogP contribution in [0.3, 0.4) is 0 Å². The molecule has 0 aromatic carbocycles. The van der Waals surface area contributed by atoms with E-state index in [4.69, 9.17) is 4.74 Å². The fourth-order valence-electron chi connectivity index (χ4n) is 3.47. The standard InChI is InChI=1S/C17H28N2O8/c1-4-17(6-5-8(2)3)14(24)18-16(26)19(15(17)25)13-12(23)11(22)10(21)9(7-20)27-13/h8-13,20-23H,4-7H2,1-3H3,(H,18,24,26)/t9-,10-,11+,12-,13-,17?/m1/s1. The number of hydrogen-bond donors (Lipinski definition) is 5. The summed E-state index contributed by atoms with van der Waals surface area (Å²) in [5.74, 6) is -1.32. The van der Waals surface area contributed by atoms with Gasteiger partial charge in [-0.15, -0.1) is 0 Å². The van der Waals surface area contributed by atoms with Crippen LogP contribution in [0.2, 0.25) is 0 Å². The van der Waals surface area contributed by atoms with Crippen molar-refractivity contribution >= 4 is 17.8 Å². The van der Waals surface area contributed by atoms with Crippen molar-refractivity contribution in [2.75, 3.05) is 6.61 Å². The first-order valence-corrected chi connectivity index (χ1v) is 9.10. The summed E-state index contributed by atoms with van der Waals surface area (Å²) < 4.78 is 5.33. The van der Waals surface area contributed by atoms with Gasteiger partial charge in [0.15, 0.2) is 6.23 Å². The molecule has 6 atom stereocenters. The van der Waals surface area contributed by atoms with Crippen LogP contribution in [0, 0.1) is 11.3 Å². The van der Waals surface area contributed by atoms with E-state index >= 15 is 0 Å². The highest BCUT2D eigenvalue weighted by atomic mass is 16.6. The average Bonchev–Trinajstić information content (AvgIpc) is 2.61. The Bertz CT molecular complexity index is 595. The Kier molecular flexibility index (Phi) is 6.59. The monoisotopic (exact) mass is 388 g/mol. The number of carbonyl (C=O) groups is 3. The number of aliphatic hydroxyl groups is 4. The third kappa shape index (κ3) is 3.72. The molecule has 0 aromatic heterocycles. The molecule has 154 valence electrons. The lowest BCUT2D eigenvalue weighted by atomic mass is 9.75. The van der Waals surface area contributed by atoms with Crippen LogP contribution in [0.25, 0.3) is 0 Å². The number of aliphatic hydroxyl groups excluding tert-OH is 4. The van der Waals surface area contributed by atoms with E-state index in [1.807, 2.05) is 13.8 Å². The molecule has 4 amide bonds. The SMILES string of the molecule is CCC1(CCC(C)C)C(=O)NC(=O)N([C@@H]2O[C@H](CO)[C@@H](O)[C@H](O)[C@H]2O)C1=O. The normalized spacial score (nSPS) is 37.7. The zero-order valence-corrected chi connectivity index (χ0v) is 15.7. The molecule has 0 aromatic rings. The van der Waals surface area contributed by atoms with Crippen LogP contribution in [0.15, 0.2) is 0 Å². The van der Waals surface area contributed by atoms with E-state index in [1.165, 1.54) is 0 Å². The van der Waals surface area contributed by atoms with Gasteiger partial charge in [0.2, 0.25) is 11.8 Å². The van der Waals surface area contributed by atoms with Gasteiger partial charge in [-0.05, 0) is 25.2 Å². The molecule has 27 heavy (non-hydrogen) atoms. The number of hydrogen-bond acceptors (Lipinski definition) is 8. The van der Waals surface area contributed by atoms with Gasteiger partial charge in [0.1, 0.15) is 29.8 Å². The van der Waals surface area contributed by atoms with Gasteiger partial charge >= 0.3 is 6.03 Å². The van der Waals surface area contributed by atoms with Gasteiger partial charge in [-0.1, -0.05) is 20.8 Å². The molecular weight excluding hydrogens is 360 g/mol. The lowest BCUT2D eigenvalue weighted by Gasteiger charge is -2.47. The summed E-state index contributed by atoms with van der Waals surface area (Å²) in [5.41, 5.74) is -1.50. The first kappa shape index (κ1) is 21.7. The van der Waals surface area contributed by atoms with Crippen LogP contribution in [0.5, 0.6) is 0 Å². The molecule has 2 fully saturated rings. The second kappa shape index (κ2) is 8.19. The highest BCUT2D eigenvalue weighted by molar-refractivity contribution is 6.19. The number of nitrogens with zero attached hydrogens (tertiary/aromatic N) is 1. The summed E-state index contributed by atoms with van der Waals surface area (Å²) in [7, 11) is 0. The second-order valence-corrected chi connectivity index (χ2v) is 7.52. The van der Waals surface area contributed by atoms with Crippen molar-refractivity contribution in [2.24, 2.45) is 11.3 Å². The van der Waals surface area contributed by atoms with Gasteiger partial charge in [-0.3, -0.25) is 14.9 Å². The Balaban J connectivity index is 2.38. The quantitative estimate of drug-likeness (QED) is 0.351. The summed E-state index contributed by atoms with van der Waals surface area (Å²) in [6.07, 6.45) is -7.20. The number of ether oxygens (including phenoxy) is 1. The number of carbonyl (C=O) groups excluding carboxylic acids is 3. The molecule has 2 aliphatic heterocycles. The van der Waals surface area contributed by atoms with Gasteiger partial charge in [-0.2, -0.15) is 0 Å². The first-order valence-electron chi connectivity index (χ1n) is 9.10. The molecule has 0 bridgehead atoms. The topological polar surface area (TPSA) is 157 Å². The van der Waals surface area contributed by atoms with E-state index in [0.29, 0.717) is 11.3 Å². The Labute approximate surface area is 157 Å². The third-order valence-corrected chi connectivity index (χ3v) is 5.38. The van der Waals surface area contributed by atoms with E-state index in [-0.39, 0.29) is 18.8 Å². The van der Waals surface area contributed by atoms with Crippen molar-refractivity contribution in [3.8, 4) is 0 Å². The van der Waals surface area contributed by atoms with Crippen LogP contribution in [0.1, 0.15) is 40.0 Å². The van der Waals surface area contributed by atoms with Crippen molar-refractivity contribution < 1.29 is 39.5 Å². The average molecular weight is 388 g/mol. The first-order chi connectivity index (χ1) is 12.6. The van der Waals surface area contributed by atoms with Crippen molar-refractivity contribution in [1.82, 2.24) is 10.2 Å². The van der Waals surface area contributed by atoms with Gasteiger partial charge in [0.25, 0.3) is 0 Å². The van der Waals surface area contributed by atoms with Crippen LogP contribution >= 0.6 is 0 Å². The molecule has 0 saturated carbocycles. The number of barbiturate groups is 1. The lowest BCUT2D eigenvalue weighted by molar-refractivity contribution is -0.257. The fourth-order valence-corrected chi connectivity index (χ4v) is 3.47. The van der Waals surface area contributed by atoms with Crippen LogP contribution in [0.4, 0.5) is 4.79 Å². The number of rotatable bonds is 6. The molecule has 0 radical (unpaired) electrons. The zero-order chi connectivity index (χ0) is 20.5. The minimum atomic E-state index is -1.80. The molecule has 2 saturated heterocycles. The largest absolute Gasteiger partial charge is 0.394 e. The molecule has 5 N–H and O–H groups in total. The maximum atomic E-state index is 13.2. The van der Waals surface area contributed by atoms with E-state index < -0.39 is 60.5 Å². The number of nitrogens with one attached hydrogen (secondary N) is 1. The van der Waals surface area contributed by atoms with Gasteiger partial charge < -0.3 is 25.2 Å². The minimum Gasteiger partial charge on any atom is -0.394 e. The van der Waals surface area contributed by atoms with Crippen molar-refractivity contribution in [1.29, 1.82) is 0 Å². The Morgan fingerprint density at radius 2 is 1.78 bits per heavy atom. The summed E-state index contributed by atoms with van der Waals surface area (Å²) >= 11 is 0. The molecule has 1 unspecified atom stereocenters. The molecule has 0 spiro atoms. The molecular formula is C17H28N2O8. The highest BCUT2D eigenvalue weighted by Crippen LogP contribution is 2.37. The summed E-state index contributed by atoms with van der Waals surface area (Å²) in [5, 5.41) is 41.6. The molecule has 10 nitrogen and oxygen atoms in total. The van der Waals surface area contributed by atoms with Crippen LogP contribution in [-0.2, 0) is 14.3 Å². The van der Waals surface area contributed by atoms with Crippen LogP contribution in [-0.4, -0.2) is 80.4 Å². The lowest BCUT2D eigenvalue weighted by Crippen LogP contribution is -2.72. The van der Waals surface area contributed by atoms with E-state index in [1.54, 1.807) is 6.92 Å². The van der Waals surface area contributed by atoms with Gasteiger partial charge in [0, 0.05) is 0 Å². The number of imide groups is 2. The minimum absolute atomic E-state index is 0.131. The molecule has 2 heterocycles. The Morgan fingerprint density at radius 3 is 2.30 bits per heavy atom. The second-order valence-electron chi connectivity index (χ2n) is 7.52. The predicted octanol–water partition coefficient (Wildman–Crippen LogP) is -1.30. The Hall–Kier alpha value is -1.59. The Morgan fingerprint density at radius 1 is 1.15 bits per heavy atom. The van der Waals surface area contributed by atoms with Crippen LogP contribution < -0.4 is 5.32 Å². The number of amides is 4. The van der Waals surface area contributed by atoms with Crippen molar-refractivity contribution in [3.63, 3.8) is 0 Å². The molecule has 2 rings (SSSR count). The number of urea groups is 1. The maximum absolute atomic E-state index is 13.2. The van der Waals surface area contributed by atoms with E-state index in [2.05, 4.69) is 5.32 Å². The van der Waals surface area contributed by atoms with Gasteiger partial charge in [0.05, 0.1) is 6.61 Å². The van der Waals surface area contributed by atoms with E-state index in [9.17, 15) is 34.8 Å². The molecule has 10 heteroatoms. The predicted molar refractivity (Wildman–Crippen MR) is 90.9 cm³/mol. The fraction of sp³-hybridized carbons (Fsp3) is 0.824. The van der Waals surface area contributed by atoms with Crippen molar-refractivity contribution in [3.05, 3.63) is 0 Å². The summed E-state index contributed by atoms with van der Waals surface area (Å²) in [4.78, 5) is 38.6. The summed E-state index contributed by atoms with van der Waals surface area (Å²) in [6.45, 7) is 4.83. The highest BCUT2D eigenvalue weighted by Gasteiger charge is 2.57. The summed E-state index contributed by atoms with van der Waals surface area (Å²) in [6, 6.07) is -1.08. The van der Waals surface area contributed by atoms with Gasteiger partial charge in [-0.25, -0.2) is 9.69 Å².